The summed E-state index contributed by atoms with van der Waals surface area (Å²) in [7, 11) is 0. The van der Waals surface area contributed by atoms with E-state index in [9.17, 15) is 0 Å². The molecule has 0 spiro atoms. The van der Waals surface area contributed by atoms with E-state index in [4.69, 9.17) is 0 Å². The predicted octanol–water partition coefficient (Wildman–Crippen LogP) is 16.3. The Labute approximate surface area is 395 Å². The molecular weight excluding hydrogens is 825 g/mol. The lowest BCUT2D eigenvalue weighted by Gasteiger charge is -2.43. The van der Waals surface area contributed by atoms with E-state index in [1.807, 2.05) is 0 Å². The van der Waals surface area contributed by atoms with Crippen molar-refractivity contribution in [1.29, 1.82) is 0 Å². The second-order valence-electron chi connectivity index (χ2n) is 19.4. The number of anilines is 2. The Morgan fingerprint density at radius 2 is 0.838 bits per heavy atom. The first kappa shape index (κ1) is 38.9. The fraction of sp³-hybridized carbons (Fsp3) is 0.0938. The summed E-state index contributed by atoms with van der Waals surface area (Å²) in [6.07, 6.45) is 4.84. The molecule has 3 aromatic heterocycles. The van der Waals surface area contributed by atoms with Crippen molar-refractivity contribution in [2.45, 2.75) is 37.6 Å². The summed E-state index contributed by atoms with van der Waals surface area (Å²) in [5.41, 5.74) is 17.9. The Morgan fingerprint density at radius 3 is 1.41 bits per heavy atom. The highest BCUT2D eigenvalue weighted by Gasteiger charge is 2.53. The molecule has 4 heterocycles. The van der Waals surface area contributed by atoms with Gasteiger partial charge in [0.15, 0.2) is 0 Å². The van der Waals surface area contributed by atoms with Crippen molar-refractivity contribution < 1.29 is 0 Å². The first-order valence-electron chi connectivity index (χ1n) is 23.9. The summed E-state index contributed by atoms with van der Waals surface area (Å²) in [5, 5.41) is 6.29. The number of para-hydroxylation sites is 6. The van der Waals surface area contributed by atoms with E-state index >= 15 is 0 Å². The van der Waals surface area contributed by atoms with Crippen LogP contribution in [0.4, 0.5) is 11.4 Å². The maximum Gasteiger partial charge on any atom is 0.0937 e. The molecule has 12 aromatic rings. The van der Waals surface area contributed by atoms with Gasteiger partial charge in [-0.05, 0) is 96.4 Å². The average molecular weight is 873 g/mol. The van der Waals surface area contributed by atoms with Gasteiger partial charge in [-0.25, -0.2) is 0 Å². The number of aromatic nitrogens is 3. The first-order chi connectivity index (χ1) is 33.4. The van der Waals surface area contributed by atoms with Gasteiger partial charge < -0.3 is 18.6 Å². The van der Waals surface area contributed by atoms with Crippen molar-refractivity contribution in [3.05, 3.63) is 252 Å². The van der Waals surface area contributed by atoms with Gasteiger partial charge in [-0.2, -0.15) is 0 Å². The Kier molecular flexibility index (Phi) is 8.19. The molecule has 0 fully saturated rings. The molecule has 0 amide bonds. The van der Waals surface area contributed by atoms with Crippen LogP contribution in [0.2, 0.25) is 0 Å². The fourth-order valence-electron chi connectivity index (χ4n) is 12.4. The quantitative estimate of drug-likeness (QED) is 0.163. The van der Waals surface area contributed by atoms with Crippen molar-refractivity contribution >= 4 is 72.0 Å². The van der Waals surface area contributed by atoms with E-state index < -0.39 is 0 Å². The lowest BCUT2D eigenvalue weighted by molar-refractivity contribution is 0.439. The van der Waals surface area contributed by atoms with E-state index in [1.54, 1.807) is 0 Å². The molecule has 0 N–H and O–H groups in total. The summed E-state index contributed by atoms with van der Waals surface area (Å²) in [5.74, 6) is 0.179. The van der Waals surface area contributed by atoms with E-state index in [0.717, 1.165) is 11.4 Å². The number of hydrogen-bond acceptors (Lipinski definition) is 1. The van der Waals surface area contributed by atoms with E-state index in [2.05, 4.69) is 270 Å². The Morgan fingerprint density at radius 1 is 0.397 bits per heavy atom. The van der Waals surface area contributed by atoms with Crippen molar-refractivity contribution in [3.63, 3.8) is 0 Å². The number of rotatable bonds is 6. The van der Waals surface area contributed by atoms with Gasteiger partial charge in [0.05, 0.1) is 38.8 Å². The number of fused-ring (bicyclic) bond motifs is 14. The molecule has 68 heavy (non-hydrogen) atoms. The summed E-state index contributed by atoms with van der Waals surface area (Å²) < 4.78 is 7.49. The van der Waals surface area contributed by atoms with Gasteiger partial charge in [0, 0.05) is 72.3 Å². The molecule has 2 atom stereocenters. The van der Waals surface area contributed by atoms with Crippen LogP contribution < -0.4 is 4.90 Å². The minimum absolute atomic E-state index is 0.179. The third kappa shape index (κ3) is 5.26. The molecule has 324 valence electrons. The zero-order chi connectivity index (χ0) is 45.3. The zero-order valence-corrected chi connectivity index (χ0v) is 38.3. The Balaban J connectivity index is 0.885. The summed E-state index contributed by atoms with van der Waals surface area (Å²) in [6.45, 7) is 7.17. The summed E-state index contributed by atoms with van der Waals surface area (Å²) in [4.78, 5) is 2.59. The highest BCUT2D eigenvalue weighted by Crippen LogP contribution is 2.60. The predicted molar refractivity (Wildman–Crippen MR) is 285 cm³/mol. The van der Waals surface area contributed by atoms with Crippen LogP contribution in [-0.2, 0) is 11.0 Å². The van der Waals surface area contributed by atoms with Crippen LogP contribution in [0.5, 0.6) is 0 Å². The maximum atomic E-state index is 2.59. The zero-order valence-electron chi connectivity index (χ0n) is 38.3. The molecular formula is C64H48N4. The largest absolute Gasteiger partial charge is 0.329 e. The molecule has 4 nitrogen and oxygen atoms in total. The van der Waals surface area contributed by atoms with Crippen LogP contribution in [0.15, 0.2) is 224 Å². The van der Waals surface area contributed by atoms with Crippen LogP contribution in [0.25, 0.3) is 77.7 Å². The summed E-state index contributed by atoms with van der Waals surface area (Å²) in [6, 6.07) is 80.7. The van der Waals surface area contributed by atoms with Gasteiger partial charge in [0.1, 0.15) is 0 Å². The van der Waals surface area contributed by atoms with E-state index in [1.165, 1.54) is 99.5 Å². The molecule has 1 aliphatic heterocycles. The molecule has 9 aromatic carbocycles. The molecule has 0 radical (unpaired) electrons. The molecule has 2 unspecified atom stereocenters. The summed E-state index contributed by atoms with van der Waals surface area (Å²) >= 11 is 0. The van der Waals surface area contributed by atoms with Crippen molar-refractivity contribution in [2.75, 3.05) is 4.90 Å². The van der Waals surface area contributed by atoms with Gasteiger partial charge in [-0.1, -0.05) is 172 Å². The molecule has 0 bridgehead atoms. The smallest absolute Gasteiger partial charge is 0.0937 e. The van der Waals surface area contributed by atoms with E-state index in [-0.39, 0.29) is 16.9 Å². The molecule has 2 aliphatic rings. The van der Waals surface area contributed by atoms with Gasteiger partial charge in [0.2, 0.25) is 0 Å². The average Bonchev–Trinajstić information content (AvgIpc) is 4.11. The second-order valence-corrected chi connectivity index (χ2v) is 19.4. The molecule has 1 aliphatic carbocycles. The van der Waals surface area contributed by atoms with Crippen molar-refractivity contribution in [2.24, 2.45) is 0 Å². The van der Waals surface area contributed by atoms with Crippen LogP contribution in [-0.4, -0.2) is 13.7 Å². The van der Waals surface area contributed by atoms with Gasteiger partial charge >= 0.3 is 0 Å². The molecule has 0 saturated carbocycles. The van der Waals surface area contributed by atoms with Crippen LogP contribution in [0.3, 0.4) is 0 Å². The standard InChI is InChI=1S/C64H48N4/c1-63(2,42-30-34-45(35-31-42)66-57-27-15-11-23-49(57)52-39-38-51-48-22-10-14-26-56(48)65(60(51)61(52)66)44-18-6-4-7-19-44)43-32-36-46(37-33-43)67-58-28-16-12-24-50(58)53-40-41-55-54-25-13-17-29-59(54)68(64(55,3)62(53)67)47-20-8-5-9-21-47/h4-41,55H,1-3H3. The van der Waals surface area contributed by atoms with Crippen LogP contribution >= 0.6 is 0 Å². The van der Waals surface area contributed by atoms with Gasteiger partial charge in [-0.15, -0.1) is 0 Å². The Bertz CT molecular complexity index is 4000. The number of nitrogens with zero attached hydrogens (tertiary/aromatic N) is 4. The third-order valence-electron chi connectivity index (χ3n) is 15.6. The Hall–Kier alpha value is -8.34. The maximum absolute atomic E-state index is 2.59. The molecule has 0 saturated heterocycles. The van der Waals surface area contributed by atoms with E-state index in [0.29, 0.717) is 0 Å². The van der Waals surface area contributed by atoms with Crippen LogP contribution in [0.1, 0.15) is 54.6 Å². The lowest BCUT2D eigenvalue weighted by atomic mass is 9.75. The van der Waals surface area contributed by atoms with Crippen molar-refractivity contribution in [3.8, 4) is 17.1 Å². The molecule has 14 rings (SSSR count). The number of hydrogen-bond donors (Lipinski definition) is 0. The monoisotopic (exact) mass is 872 g/mol. The minimum Gasteiger partial charge on any atom is -0.329 e. The van der Waals surface area contributed by atoms with Gasteiger partial charge in [0.25, 0.3) is 0 Å². The fourth-order valence-corrected chi connectivity index (χ4v) is 12.4. The number of benzene rings is 9. The van der Waals surface area contributed by atoms with Gasteiger partial charge in [-0.3, -0.25) is 0 Å². The van der Waals surface area contributed by atoms with Crippen molar-refractivity contribution in [1.82, 2.24) is 13.7 Å². The normalized spacial score (nSPS) is 16.6. The third-order valence-corrected chi connectivity index (χ3v) is 15.6. The second kappa shape index (κ2) is 14.3. The highest BCUT2D eigenvalue weighted by atomic mass is 15.3. The lowest BCUT2D eigenvalue weighted by Crippen LogP contribution is -2.43. The topological polar surface area (TPSA) is 18.0 Å². The first-order valence-corrected chi connectivity index (χ1v) is 23.9. The molecule has 4 heteroatoms. The van der Waals surface area contributed by atoms with Crippen LogP contribution in [0, 0.1) is 0 Å². The highest BCUT2D eigenvalue weighted by molar-refractivity contribution is 6.23. The SMILES string of the molecule is CC(C)(c1ccc(-n2c3c(c4ccccc42)C=CC2c4ccccc4N(c4ccccc4)C32C)cc1)c1ccc(-n2c3ccccc3c3ccc4c5ccccc5n(-c5ccccc5)c4c32)cc1. The minimum atomic E-state index is -0.381.